The Labute approximate surface area is 128 Å². The molecule has 1 aromatic heterocycles. The minimum Gasteiger partial charge on any atom is -0.349 e. The van der Waals surface area contributed by atoms with Crippen LogP contribution in [-0.4, -0.2) is 18.0 Å². The standard InChI is InChI=1S/C16H21FN2OS/c1-4-16(18,5-2)9-19-15(20)14-10(3)13-11(17)7-6-8-12(13)21-14/h6-8H,4-5,9,18H2,1-3H3,(H,19,20). The molecule has 0 spiro atoms. The summed E-state index contributed by atoms with van der Waals surface area (Å²) in [5.74, 6) is -0.458. The number of carbonyl (C=O) groups is 1. The van der Waals surface area contributed by atoms with Gasteiger partial charge in [0.25, 0.3) is 5.91 Å². The van der Waals surface area contributed by atoms with E-state index < -0.39 is 0 Å². The fourth-order valence-corrected chi connectivity index (χ4v) is 3.45. The molecular formula is C16H21FN2OS. The van der Waals surface area contributed by atoms with Gasteiger partial charge in [-0.3, -0.25) is 4.79 Å². The summed E-state index contributed by atoms with van der Waals surface area (Å²) >= 11 is 1.32. The zero-order chi connectivity index (χ0) is 15.6. The Bertz CT molecular complexity index is 662. The van der Waals surface area contributed by atoms with Crippen molar-refractivity contribution in [3.8, 4) is 0 Å². The second-order valence-electron chi connectivity index (χ2n) is 5.42. The lowest BCUT2D eigenvalue weighted by molar-refractivity contribution is 0.0946. The van der Waals surface area contributed by atoms with Crippen molar-refractivity contribution in [2.45, 2.75) is 39.2 Å². The normalized spacial score (nSPS) is 11.9. The molecule has 114 valence electrons. The van der Waals surface area contributed by atoms with Gasteiger partial charge in [0.2, 0.25) is 0 Å². The lowest BCUT2D eigenvalue weighted by Gasteiger charge is -2.26. The molecule has 3 nitrogen and oxygen atoms in total. The van der Waals surface area contributed by atoms with E-state index in [1.807, 2.05) is 19.9 Å². The molecule has 3 N–H and O–H groups in total. The molecule has 0 aliphatic rings. The van der Waals surface area contributed by atoms with Crippen LogP contribution in [0.3, 0.4) is 0 Å². The molecule has 0 saturated carbocycles. The first kappa shape index (κ1) is 15.9. The summed E-state index contributed by atoms with van der Waals surface area (Å²) in [6.07, 6.45) is 1.59. The smallest absolute Gasteiger partial charge is 0.261 e. The van der Waals surface area contributed by atoms with Gasteiger partial charge in [-0.2, -0.15) is 0 Å². The predicted octanol–water partition coefficient (Wildman–Crippen LogP) is 3.60. The van der Waals surface area contributed by atoms with Gasteiger partial charge in [0, 0.05) is 22.2 Å². The number of hydrogen-bond donors (Lipinski definition) is 2. The Hall–Kier alpha value is -1.46. The van der Waals surface area contributed by atoms with Crippen molar-refractivity contribution >= 4 is 27.3 Å². The summed E-state index contributed by atoms with van der Waals surface area (Å²) in [6, 6.07) is 4.91. The van der Waals surface area contributed by atoms with Crippen LogP contribution in [-0.2, 0) is 0 Å². The number of thiophene rings is 1. The second kappa shape index (κ2) is 6.12. The van der Waals surface area contributed by atoms with Gasteiger partial charge in [-0.15, -0.1) is 11.3 Å². The largest absolute Gasteiger partial charge is 0.349 e. The van der Waals surface area contributed by atoms with Crippen LogP contribution in [0.5, 0.6) is 0 Å². The quantitative estimate of drug-likeness (QED) is 0.887. The van der Waals surface area contributed by atoms with Crippen LogP contribution in [0.4, 0.5) is 4.39 Å². The van der Waals surface area contributed by atoms with Crippen LogP contribution in [0.2, 0.25) is 0 Å². The minimum atomic E-state index is -0.383. The molecule has 0 fully saturated rings. The van der Waals surface area contributed by atoms with E-state index in [9.17, 15) is 9.18 Å². The monoisotopic (exact) mass is 308 g/mol. The number of hydrogen-bond acceptors (Lipinski definition) is 3. The lowest BCUT2D eigenvalue weighted by Crippen LogP contribution is -2.49. The maximum absolute atomic E-state index is 13.9. The van der Waals surface area contributed by atoms with E-state index in [0.717, 1.165) is 17.5 Å². The zero-order valence-corrected chi connectivity index (χ0v) is 13.4. The maximum Gasteiger partial charge on any atom is 0.261 e. The molecule has 2 aromatic rings. The van der Waals surface area contributed by atoms with Crippen molar-refractivity contribution in [2.75, 3.05) is 6.54 Å². The molecule has 2 rings (SSSR count). The first-order valence-electron chi connectivity index (χ1n) is 7.16. The fourth-order valence-electron chi connectivity index (χ4n) is 2.31. The van der Waals surface area contributed by atoms with E-state index >= 15 is 0 Å². The second-order valence-corrected chi connectivity index (χ2v) is 6.47. The first-order valence-corrected chi connectivity index (χ1v) is 7.98. The highest BCUT2D eigenvalue weighted by atomic mass is 32.1. The van der Waals surface area contributed by atoms with Crippen molar-refractivity contribution in [1.29, 1.82) is 0 Å². The Balaban J connectivity index is 2.24. The van der Waals surface area contributed by atoms with E-state index in [1.54, 1.807) is 13.0 Å². The third-order valence-corrected chi connectivity index (χ3v) is 5.37. The number of benzene rings is 1. The molecule has 1 aromatic carbocycles. The van der Waals surface area contributed by atoms with Crippen LogP contribution in [0, 0.1) is 12.7 Å². The molecule has 0 saturated heterocycles. The van der Waals surface area contributed by atoms with Gasteiger partial charge < -0.3 is 11.1 Å². The maximum atomic E-state index is 13.9. The van der Waals surface area contributed by atoms with Crippen molar-refractivity contribution in [2.24, 2.45) is 5.73 Å². The zero-order valence-electron chi connectivity index (χ0n) is 12.6. The Kier molecular flexibility index (Phi) is 4.64. The molecule has 1 amide bonds. The van der Waals surface area contributed by atoms with Gasteiger partial charge in [-0.1, -0.05) is 19.9 Å². The summed E-state index contributed by atoms with van der Waals surface area (Å²) in [6.45, 7) is 6.23. The highest BCUT2D eigenvalue weighted by Crippen LogP contribution is 2.32. The van der Waals surface area contributed by atoms with E-state index in [1.165, 1.54) is 17.4 Å². The van der Waals surface area contributed by atoms with Crippen LogP contribution in [0.1, 0.15) is 41.9 Å². The van der Waals surface area contributed by atoms with E-state index in [2.05, 4.69) is 5.32 Å². The van der Waals surface area contributed by atoms with Crippen molar-refractivity contribution in [3.63, 3.8) is 0 Å². The lowest BCUT2D eigenvalue weighted by atomic mass is 9.94. The minimum absolute atomic E-state index is 0.176. The number of aryl methyl sites for hydroxylation is 1. The average Bonchev–Trinajstić information content (AvgIpc) is 2.83. The molecule has 1 heterocycles. The van der Waals surface area contributed by atoms with Crippen molar-refractivity contribution in [3.05, 3.63) is 34.5 Å². The van der Waals surface area contributed by atoms with Crippen molar-refractivity contribution in [1.82, 2.24) is 5.32 Å². The number of nitrogens with one attached hydrogen (secondary N) is 1. The SMILES string of the molecule is CCC(N)(CC)CNC(=O)c1sc2cccc(F)c2c1C. The number of amides is 1. The number of carbonyl (C=O) groups excluding carboxylic acids is 1. The number of rotatable bonds is 5. The van der Waals surface area contributed by atoms with Crippen LogP contribution < -0.4 is 11.1 Å². The molecule has 0 radical (unpaired) electrons. The van der Waals surface area contributed by atoms with Gasteiger partial charge in [0.15, 0.2) is 0 Å². The van der Waals surface area contributed by atoms with Gasteiger partial charge in [-0.05, 0) is 37.5 Å². The molecule has 0 aliphatic heterocycles. The average molecular weight is 308 g/mol. The third-order valence-electron chi connectivity index (χ3n) is 4.12. The van der Waals surface area contributed by atoms with Crippen molar-refractivity contribution < 1.29 is 9.18 Å². The Morgan fingerprint density at radius 2 is 2.05 bits per heavy atom. The van der Waals surface area contributed by atoms with Crippen LogP contribution in [0.15, 0.2) is 18.2 Å². The van der Waals surface area contributed by atoms with E-state index in [0.29, 0.717) is 22.4 Å². The van der Waals surface area contributed by atoms with E-state index in [-0.39, 0.29) is 17.3 Å². The summed E-state index contributed by atoms with van der Waals surface area (Å²) in [5, 5.41) is 3.43. The summed E-state index contributed by atoms with van der Waals surface area (Å²) in [7, 11) is 0. The summed E-state index contributed by atoms with van der Waals surface area (Å²) in [4.78, 5) is 12.9. The first-order chi connectivity index (χ1) is 9.91. The molecule has 0 aliphatic carbocycles. The highest BCUT2D eigenvalue weighted by molar-refractivity contribution is 7.21. The summed E-state index contributed by atoms with van der Waals surface area (Å²) in [5.41, 5.74) is 6.50. The topological polar surface area (TPSA) is 55.1 Å². The van der Waals surface area contributed by atoms with Gasteiger partial charge >= 0.3 is 0 Å². The Morgan fingerprint density at radius 1 is 1.38 bits per heavy atom. The molecule has 0 unspecified atom stereocenters. The van der Waals surface area contributed by atoms with Gasteiger partial charge in [0.05, 0.1) is 4.88 Å². The number of nitrogens with two attached hydrogens (primary N) is 1. The van der Waals surface area contributed by atoms with Gasteiger partial charge in [0.1, 0.15) is 5.82 Å². The molecule has 21 heavy (non-hydrogen) atoms. The predicted molar refractivity (Wildman–Crippen MR) is 86.4 cm³/mol. The molecule has 0 atom stereocenters. The fraction of sp³-hybridized carbons (Fsp3) is 0.438. The molecule has 0 bridgehead atoms. The van der Waals surface area contributed by atoms with Crippen LogP contribution >= 0.6 is 11.3 Å². The molecular weight excluding hydrogens is 287 g/mol. The third kappa shape index (κ3) is 3.09. The number of fused-ring (bicyclic) bond motifs is 1. The number of halogens is 1. The highest BCUT2D eigenvalue weighted by Gasteiger charge is 2.23. The molecule has 5 heteroatoms. The van der Waals surface area contributed by atoms with Gasteiger partial charge in [-0.25, -0.2) is 4.39 Å². The Morgan fingerprint density at radius 3 is 2.62 bits per heavy atom. The van der Waals surface area contributed by atoms with Crippen LogP contribution in [0.25, 0.3) is 10.1 Å². The summed E-state index contributed by atoms with van der Waals surface area (Å²) < 4.78 is 14.7. The van der Waals surface area contributed by atoms with E-state index in [4.69, 9.17) is 5.73 Å².